The molecule has 0 saturated heterocycles. The molecule has 20 heavy (non-hydrogen) atoms. The SMILES string of the molecule is Cc1cc(S(=O)(=O)N(C)CC(=O)NC(C)C)ccc1N. The zero-order valence-corrected chi connectivity index (χ0v) is 13.0. The van der Waals surface area contributed by atoms with Crippen molar-refractivity contribution in [2.75, 3.05) is 19.3 Å². The molecule has 0 aliphatic rings. The van der Waals surface area contributed by atoms with Gasteiger partial charge in [0, 0.05) is 18.8 Å². The monoisotopic (exact) mass is 299 g/mol. The number of nitrogens with zero attached hydrogens (tertiary/aromatic N) is 1. The van der Waals surface area contributed by atoms with Gasteiger partial charge in [-0.2, -0.15) is 4.31 Å². The summed E-state index contributed by atoms with van der Waals surface area (Å²) in [7, 11) is -2.32. The normalized spacial score (nSPS) is 11.9. The minimum atomic E-state index is -3.69. The number of benzene rings is 1. The van der Waals surface area contributed by atoms with Gasteiger partial charge in [0.15, 0.2) is 0 Å². The van der Waals surface area contributed by atoms with Crippen LogP contribution in [0.25, 0.3) is 0 Å². The van der Waals surface area contributed by atoms with Crippen LogP contribution < -0.4 is 11.1 Å². The summed E-state index contributed by atoms with van der Waals surface area (Å²) in [4.78, 5) is 11.8. The number of carbonyl (C=O) groups excluding carboxylic acids is 1. The van der Waals surface area contributed by atoms with Gasteiger partial charge in [0.1, 0.15) is 0 Å². The zero-order valence-electron chi connectivity index (χ0n) is 12.2. The Bertz CT molecular complexity index is 597. The molecule has 0 aromatic heterocycles. The third-order valence-electron chi connectivity index (χ3n) is 2.77. The van der Waals surface area contributed by atoms with Gasteiger partial charge in [-0.1, -0.05) is 0 Å². The third kappa shape index (κ3) is 3.94. The van der Waals surface area contributed by atoms with Gasteiger partial charge in [-0.3, -0.25) is 4.79 Å². The largest absolute Gasteiger partial charge is 0.399 e. The van der Waals surface area contributed by atoms with Gasteiger partial charge in [-0.15, -0.1) is 0 Å². The van der Waals surface area contributed by atoms with Gasteiger partial charge in [0.2, 0.25) is 15.9 Å². The fourth-order valence-electron chi connectivity index (χ4n) is 1.64. The Morgan fingerprint density at radius 3 is 2.50 bits per heavy atom. The smallest absolute Gasteiger partial charge is 0.243 e. The molecule has 3 N–H and O–H groups in total. The summed E-state index contributed by atoms with van der Waals surface area (Å²) in [6.07, 6.45) is 0. The molecule has 0 atom stereocenters. The zero-order chi connectivity index (χ0) is 15.5. The molecule has 1 rings (SSSR count). The molecule has 0 fully saturated rings. The van der Waals surface area contributed by atoms with Crippen molar-refractivity contribution < 1.29 is 13.2 Å². The quantitative estimate of drug-likeness (QED) is 0.784. The lowest BCUT2D eigenvalue weighted by Crippen LogP contribution is -2.40. The summed E-state index contributed by atoms with van der Waals surface area (Å²) in [5.74, 6) is -0.335. The number of aryl methyl sites for hydroxylation is 1. The van der Waals surface area contributed by atoms with Crippen LogP contribution in [0, 0.1) is 6.92 Å². The van der Waals surface area contributed by atoms with Crippen molar-refractivity contribution in [2.45, 2.75) is 31.7 Å². The minimum absolute atomic E-state index is 0.0302. The average molecular weight is 299 g/mol. The predicted molar refractivity (Wildman–Crippen MR) is 78.7 cm³/mol. The molecule has 0 aliphatic heterocycles. The van der Waals surface area contributed by atoms with Gasteiger partial charge in [0.05, 0.1) is 11.4 Å². The van der Waals surface area contributed by atoms with Crippen LogP contribution in [0.3, 0.4) is 0 Å². The Hall–Kier alpha value is -1.60. The van der Waals surface area contributed by atoms with E-state index in [0.717, 1.165) is 4.31 Å². The van der Waals surface area contributed by atoms with E-state index in [-0.39, 0.29) is 23.4 Å². The summed E-state index contributed by atoms with van der Waals surface area (Å²) in [6.45, 7) is 5.15. The molecule has 1 aromatic rings. The van der Waals surface area contributed by atoms with E-state index in [2.05, 4.69) is 5.32 Å². The van der Waals surface area contributed by atoms with Crippen molar-refractivity contribution in [1.82, 2.24) is 9.62 Å². The highest BCUT2D eigenvalue weighted by molar-refractivity contribution is 7.89. The lowest BCUT2D eigenvalue weighted by molar-refractivity contribution is -0.121. The standard InChI is InChI=1S/C13H21N3O3S/c1-9(2)15-13(17)8-16(4)20(18,19)11-5-6-12(14)10(3)7-11/h5-7,9H,8,14H2,1-4H3,(H,15,17). The molecule has 0 unspecified atom stereocenters. The maximum Gasteiger partial charge on any atom is 0.243 e. The van der Waals surface area contributed by atoms with Gasteiger partial charge in [-0.25, -0.2) is 8.42 Å². The molecule has 0 spiro atoms. The van der Waals surface area contributed by atoms with Gasteiger partial charge in [-0.05, 0) is 44.5 Å². The van der Waals surface area contributed by atoms with Crippen LogP contribution in [0.5, 0.6) is 0 Å². The summed E-state index contributed by atoms with van der Waals surface area (Å²) < 4.78 is 25.7. The third-order valence-corrected chi connectivity index (χ3v) is 4.56. The van der Waals surface area contributed by atoms with Gasteiger partial charge < -0.3 is 11.1 Å². The maximum absolute atomic E-state index is 12.3. The van der Waals surface area contributed by atoms with Crippen LogP contribution in [0.4, 0.5) is 5.69 Å². The van der Waals surface area contributed by atoms with E-state index in [9.17, 15) is 13.2 Å². The summed E-state index contributed by atoms with van der Waals surface area (Å²) >= 11 is 0. The van der Waals surface area contributed by atoms with E-state index in [0.29, 0.717) is 11.3 Å². The number of amides is 1. The van der Waals surface area contributed by atoms with Crippen molar-refractivity contribution >= 4 is 21.6 Å². The number of rotatable bonds is 5. The Balaban J connectivity index is 2.92. The fraction of sp³-hybridized carbons (Fsp3) is 0.462. The molecular formula is C13H21N3O3S. The van der Waals surface area contributed by atoms with Gasteiger partial charge in [0.25, 0.3) is 0 Å². The van der Waals surface area contributed by atoms with Crippen molar-refractivity contribution in [3.8, 4) is 0 Å². The van der Waals surface area contributed by atoms with Crippen LogP contribution >= 0.6 is 0 Å². The first-order chi connectivity index (χ1) is 9.14. The first-order valence-corrected chi connectivity index (χ1v) is 7.70. The van der Waals surface area contributed by atoms with E-state index in [4.69, 9.17) is 5.73 Å². The molecular weight excluding hydrogens is 278 g/mol. The molecule has 1 amide bonds. The number of carbonyl (C=O) groups is 1. The molecule has 0 heterocycles. The van der Waals surface area contributed by atoms with Crippen LogP contribution in [0.2, 0.25) is 0 Å². The molecule has 0 saturated carbocycles. The Kier molecular flexibility index (Phi) is 5.13. The Morgan fingerprint density at radius 2 is 2.00 bits per heavy atom. The van der Waals surface area contributed by atoms with E-state index in [1.165, 1.54) is 19.2 Å². The number of sulfonamides is 1. The number of likely N-dealkylation sites (N-methyl/N-ethyl adjacent to an activating group) is 1. The summed E-state index contributed by atoms with van der Waals surface area (Å²) in [5, 5.41) is 2.65. The number of nitrogens with one attached hydrogen (secondary N) is 1. The number of hydrogen-bond acceptors (Lipinski definition) is 4. The van der Waals surface area contributed by atoms with Gasteiger partial charge >= 0.3 is 0 Å². The van der Waals surface area contributed by atoms with E-state index in [1.807, 2.05) is 13.8 Å². The second-order valence-electron chi connectivity index (χ2n) is 5.00. The first kappa shape index (κ1) is 16.5. The van der Waals surface area contributed by atoms with Crippen LogP contribution in [0.1, 0.15) is 19.4 Å². The molecule has 112 valence electrons. The number of nitrogens with two attached hydrogens (primary N) is 1. The minimum Gasteiger partial charge on any atom is -0.399 e. The molecule has 6 nitrogen and oxygen atoms in total. The van der Waals surface area contributed by atoms with E-state index in [1.54, 1.807) is 13.0 Å². The lowest BCUT2D eigenvalue weighted by Gasteiger charge is -2.18. The average Bonchev–Trinajstić information content (AvgIpc) is 2.31. The first-order valence-electron chi connectivity index (χ1n) is 6.26. The highest BCUT2D eigenvalue weighted by atomic mass is 32.2. The topological polar surface area (TPSA) is 92.5 Å². The second kappa shape index (κ2) is 6.23. The van der Waals surface area contributed by atoms with Crippen molar-refractivity contribution in [3.63, 3.8) is 0 Å². The molecule has 1 aromatic carbocycles. The maximum atomic E-state index is 12.3. The molecule has 0 radical (unpaired) electrons. The van der Waals surface area contributed by atoms with Crippen LogP contribution in [-0.2, 0) is 14.8 Å². The second-order valence-corrected chi connectivity index (χ2v) is 7.05. The van der Waals surface area contributed by atoms with Crippen LogP contribution in [0.15, 0.2) is 23.1 Å². The summed E-state index contributed by atoms with van der Waals surface area (Å²) in [6, 6.07) is 4.46. The number of nitrogen functional groups attached to an aromatic ring is 1. The molecule has 0 aliphatic carbocycles. The highest BCUT2D eigenvalue weighted by Gasteiger charge is 2.23. The van der Waals surface area contributed by atoms with Crippen molar-refractivity contribution in [3.05, 3.63) is 23.8 Å². The number of anilines is 1. The molecule has 0 bridgehead atoms. The van der Waals surface area contributed by atoms with Crippen molar-refractivity contribution in [1.29, 1.82) is 0 Å². The lowest BCUT2D eigenvalue weighted by atomic mass is 10.2. The number of hydrogen-bond donors (Lipinski definition) is 2. The predicted octanol–water partition coefficient (Wildman–Crippen LogP) is 0.722. The fourth-order valence-corrected chi connectivity index (χ4v) is 2.86. The summed E-state index contributed by atoms with van der Waals surface area (Å²) in [5.41, 5.74) is 6.89. The van der Waals surface area contributed by atoms with E-state index >= 15 is 0 Å². The highest BCUT2D eigenvalue weighted by Crippen LogP contribution is 2.19. The Labute approximate surface area is 120 Å². The van der Waals surface area contributed by atoms with Crippen LogP contribution in [-0.4, -0.2) is 38.3 Å². The van der Waals surface area contributed by atoms with E-state index < -0.39 is 10.0 Å². The Morgan fingerprint density at radius 1 is 1.40 bits per heavy atom. The molecule has 7 heteroatoms. The van der Waals surface area contributed by atoms with Crippen molar-refractivity contribution in [2.24, 2.45) is 0 Å².